The summed E-state index contributed by atoms with van der Waals surface area (Å²) in [5, 5.41) is 4.33. The summed E-state index contributed by atoms with van der Waals surface area (Å²) in [7, 11) is 1.70. The van der Waals surface area contributed by atoms with Crippen LogP contribution in [-0.4, -0.2) is 32.6 Å². The van der Waals surface area contributed by atoms with Crippen LogP contribution in [0.4, 0.5) is 4.39 Å². The highest BCUT2D eigenvalue weighted by atomic mass is 19.1. The number of amides is 1. The van der Waals surface area contributed by atoms with Crippen LogP contribution < -0.4 is 0 Å². The lowest BCUT2D eigenvalue weighted by Gasteiger charge is -2.17. The lowest BCUT2D eigenvalue weighted by Crippen LogP contribution is -2.27. The first-order chi connectivity index (χ1) is 12.1. The van der Waals surface area contributed by atoms with Gasteiger partial charge in [-0.25, -0.2) is 14.1 Å². The van der Waals surface area contributed by atoms with E-state index in [1.807, 2.05) is 25.1 Å². The van der Waals surface area contributed by atoms with Crippen LogP contribution in [0.5, 0.6) is 0 Å². The second kappa shape index (κ2) is 7.25. The van der Waals surface area contributed by atoms with Gasteiger partial charge in [0, 0.05) is 19.8 Å². The third kappa shape index (κ3) is 3.57. The Hall–Kier alpha value is -3.02. The Kier molecular flexibility index (Phi) is 4.88. The van der Waals surface area contributed by atoms with E-state index in [2.05, 4.69) is 10.1 Å². The summed E-state index contributed by atoms with van der Waals surface area (Å²) in [4.78, 5) is 18.7. The van der Waals surface area contributed by atoms with Crippen LogP contribution in [-0.2, 0) is 13.0 Å². The fourth-order valence-electron chi connectivity index (χ4n) is 2.76. The second-order valence-electron chi connectivity index (χ2n) is 5.75. The maximum atomic E-state index is 13.3. The van der Waals surface area contributed by atoms with Crippen LogP contribution in [0.25, 0.3) is 5.82 Å². The van der Waals surface area contributed by atoms with E-state index in [1.54, 1.807) is 41.2 Å². The van der Waals surface area contributed by atoms with Gasteiger partial charge in [0.15, 0.2) is 5.82 Å². The molecular formula is C19H19FN4O. The molecule has 0 N–H and O–H groups in total. The molecule has 0 aliphatic heterocycles. The maximum absolute atomic E-state index is 13.3. The molecule has 1 amide bonds. The number of pyridine rings is 1. The van der Waals surface area contributed by atoms with Gasteiger partial charge in [0.25, 0.3) is 5.91 Å². The molecule has 0 saturated heterocycles. The third-order valence-electron chi connectivity index (χ3n) is 3.96. The Morgan fingerprint density at radius 2 is 2.08 bits per heavy atom. The molecule has 0 aliphatic carbocycles. The predicted molar refractivity (Wildman–Crippen MR) is 92.9 cm³/mol. The van der Waals surface area contributed by atoms with Crippen LogP contribution in [0.1, 0.15) is 28.5 Å². The van der Waals surface area contributed by atoms with Crippen molar-refractivity contribution in [3.63, 3.8) is 0 Å². The maximum Gasteiger partial charge on any atom is 0.257 e. The van der Waals surface area contributed by atoms with Gasteiger partial charge < -0.3 is 4.90 Å². The van der Waals surface area contributed by atoms with E-state index in [-0.39, 0.29) is 11.7 Å². The Labute approximate surface area is 145 Å². The van der Waals surface area contributed by atoms with Gasteiger partial charge in [-0.1, -0.05) is 25.1 Å². The molecule has 2 aromatic heterocycles. The first-order valence-corrected chi connectivity index (χ1v) is 8.08. The summed E-state index contributed by atoms with van der Waals surface area (Å²) < 4.78 is 15.0. The van der Waals surface area contributed by atoms with E-state index in [4.69, 9.17) is 0 Å². The molecule has 1 aromatic carbocycles. The molecule has 0 atom stereocenters. The van der Waals surface area contributed by atoms with Crippen molar-refractivity contribution in [3.8, 4) is 5.82 Å². The van der Waals surface area contributed by atoms with Crippen LogP contribution in [0.15, 0.2) is 54.9 Å². The number of carbonyl (C=O) groups excluding carboxylic acids is 1. The SMILES string of the molecule is CCc1c(C(=O)N(C)Cc2cccc(F)c2)cnn1-c1ccccn1. The highest BCUT2D eigenvalue weighted by molar-refractivity contribution is 5.95. The van der Waals surface area contributed by atoms with Crippen molar-refractivity contribution >= 4 is 5.91 Å². The zero-order valence-corrected chi connectivity index (χ0v) is 14.2. The number of aromatic nitrogens is 3. The van der Waals surface area contributed by atoms with E-state index in [0.29, 0.717) is 24.3 Å². The molecule has 0 aliphatic rings. The normalized spacial score (nSPS) is 10.7. The van der Waals surface area contributed by atoms with E-state index in [9.17, 15) is 9.18 Å². The molecule has 0 radical (unpaired) electrons. The smallest absolute Gasteiger partial charge is 0.257 e. The average Bonchev–Trinajstić information content (AvgIpc) is 3.05. The minimum absolute atomic E-state index is 0.150. The van der Waals surface area contributed by atoms with Gasteiger partial charge in [-0.2, -0.15) is 5.10 Å². The number of halogens is 1. The highest BCUT2D eigenvalue weighted by Gasteiger charge is 2.20. The lowest BCUT2D eigenvalue weighted by molar-refractivity contribution is 0.0784. The Morgan fingerprint density at radius 3 is 2.76 bits per heavy atom. The average molecular weight is 338 g/mol. The quantitative estimate of drug-likeness (QED) is 0.718. The molecule has 0 spiro atoms. The molecule has 5 nitrogen and oxygen atoms in total. The standard InChI is InChI=1S/C19H19FN4O/c1-3-17-16(12-22-24(17)18-9-4-5-10-21-18)19(25)23(2)13-14-7-6-8-15(20)11-14/h4-12H,3,13H2,1-2H3. The number of hydrogen-bond acceptors (Lipinski definition) is 3. The van der Waals surface area contributed by atoms with Crippen molar-refractivity contribution in [2.24, 2.45) is 0 Å². The van der Waals surface area contributed by atoms with E-state index < -0.39 is 0 Å². The molecule has 2 heterocycles. The number of hydrogen-bond donors (Lipinski definition) is 0. The van der Waals surface area contributed by atoms with Gasteiger partial charge in [0.2, 0.25) is 0 Å². The van der Waals surface area contributed by atoms with Gasteiger partial charge in [-0.3, -0.25) is 4.79 Å². The van der Waals surface area contributed by atoms with Crippen molar-refractivity contribution in [2.45, 2.75) is 19.9 Å². The molecule has 128 valence electrons. The van der Waals surface area contributed by atoms with E-state index in [0.717, 1.165) is 11.3 Å². The van der Waals surface area contributed by atoms with E-state index in [1.165, 1.54) is 12.1 Å². The van der Waals surface area contributed by atoms with Crippen molar-refractivity contribution in [2.75, 3.05) is 7.05 Å². The first kappa shape index (κ1) is 16.8. The zero-order valence-electron chi connectivity index (χ0n) is 14.2. The van der Waals surface area contributed by atoms with Crippen molar-refractivity contribution in [1.29, 1.82) is 0 Å². The molecular weight excluding hydrogens is 319 g/mol. The Morgan fingerprint density at radius 1 is 1.24 bits per heavy atom. The molecule has 0 saturated carbocycles. The number of benzene rings is 1. The summed E-state index contributed by atoms with van der Waals surface area (Å²) >= 11 is 0. The van der Waals surface area contributed by atoms with Crippen LogP contribution in [0.3, 0.4) is 0 Å². The summed E-state index contributed by atoms with van der Waals surface area (Å²) in [6.07, 6.45) is 3.90. The predicted octanol–water partition coefficient (Wildman–Crippen LogP) is 3.24. The summed E-state index contributed by atoms with van der Waals surface area (Å²) in [5.41, 5.74) is 2.08. The number of nitrogens with zero attached hydrogens (tertiary/aromatic N) is 4. The van der Waals surface area contributed by atoms with Crippen LogP contribution >= 0.6 is 0 Å². The van der Waals surface area contributed by atoms with Gasteiger partial charge in [0.1, 0.15) is 5.82 Å². The lowest BCUT2D eigenvalue weighted by atomic mass is 10.1. The summed E-state index contributed by atoms with van der Waals surface area (Å²) in [6.45, 7) is 2.30. The molecule has 0 bridgehead atoms. The van der Waals surface area contributed by atoms with Crippen LogP contribution in [0.2, 0.25) is 0 Å². The molecule has 3 rings (SSSR count). The van der Waals surface area contributed by atoms with Crippen molar-refractivity contribution < 1.29 is 9.18 Å². The fraction of sp³-hybridized carbons (Fsp3) is 0.211. The molecule has 25 heavy (non-hydrogen) atoms. The largest absolute Gasteiger partial charge is 0.337 e. The van der Waals surface area contributed by atoms with Crippen LogP contribution in [0, 0.1) is 5.82 Å². The van der Waals surface area contributed by atoms with Crippen molar-refractivity contribution in [1.82, 2.24) is 19.7 Å². The number of carbonyl (C=O) groups is 1. The Bertz CT molecular complexity index is 876. The van der Waals surface area contributed by atoms with Gasteiger partial charge >= 0.3 is 0 Å². The van der Waals surface area contributed by atoms with Gasteiger partial charge in [-0.15, -0.1) is 0 Å². The highest BCUT2D eigenvalue weighted by Crippen LogP contribution is 2.17. The first-order valence-electron chi connectivity index (χ1n) is 8.08. The zero-order chi connectivity index (χ0) is 17.8. The van der Waals surface area contributed by atoms with E-state index >= 15 is 0 Å². The monoisotopic (exact) mass is 338 g/mol. The van der Waals surface area contributed by atoms with Gasteiger partial charge in [-0.05, 0) is 36.2 Å². The topological polar surface area (TPSA) is 51.0 Å². The van der Waals surface area contributed by atoms with Gasteiger partial charge in [0.05, 0.1) is 17.5 Å². The minimum atomic E-state index is -0.310. The third-order valence-corrected chi connectivity index (χ3v) is 3.96. The molecule has 6 heteroatoms. The molecule has 0 unspecified atom stereocenters. The fourth-order valence-corrected chi connectivity index (χ4v) is 2.76. The summed E-state index contributed by atoms with van der Waals surface area (Å²) in [6, 6.07) is 11.8. The number of rotatable bonds is 5. The molecule has 3 aromatic rings. The Balaban J connectivity index is 1.86. The summed E-state index contributed by atoms with van der Waals surface area (Å²) in [5.74, 6) is 0.213. The minimum Gasteiger partial charge on any atom is -0.337 e. The van der Waals surface area contributed by atoms with Crippen molar-refractivity contribution in [3.05, 3.63) is 77.5 Å². The second-order valence-corrected chi connectivity index (χ2v) is 5.75. The molecule has 0 fully saturated rings.